The number of hydrogen-bond donors (Lipinski definition) is 1. The normalized spacial score (nSPS) is 14.0. The highest BCUT2D eigenvalue weighted by Crippen LogP contribution is 2.42. The van der Waals surface area contributed by atoms with Crippen molar-refractivity contribution in [2.45, 2.75) is 25.7 Å². The summed E-state index contributed by atoms with van der Waals surface area (Å²) in [6, 6.07) is 5.35. The van der Waals surface area contributed by atoms with Crippen LogP contribution in [0.4, 0.5) is 5.13 Å². The number of nitrogens with one attached hydrogen (secondary N) is 1. The Labute approximate surface area is 135 Å². The number of amides is 1. The van der Waals surface area contributed by atoms with Crippen LogP contribution in [-0.2, 0) is 0 Å². The van der Waals surface area contributed by atoms with Crippen molar-refractivity contribution in [1.29, 1.82) is 0 Å². The van der Waals surface area contributed by atoms with Gasteiger partial charge < -0.3 is 0 Å². The Bertz CT molecular complexity index is 854. The predicted octanol–water partition coefficient (Wildman–Crippen LogP) is 1.95. The minimum atomic E-state index is -0.199. The summed E-state index contributed by atoms with van der Waals surface area (Å²) >= 11 is 1.45. The van der Waals surface area contributed by atoms with E-state index in [1.165, 1.54) is 30.5 Å². The molecule has 2 aromatic heterocycles. The number of benzene rings is 1. The van der Waals surface area contributed by atoms with Crippen molar-refractivity contribution in [3.8, 4) is 5.69 Å². The van der Waals surface area contributed by atoms with E-state index in [4.69, 9.17) is 0 Å². The molecule has 0 unspecified atom stereocenters. The van der Waals surface area contributed by atoms with Crippen molar-refractivity contribution >= 4 is 22.4 Å². The van der Waals surface area contributed by atoms with E-state index in [-0.39, 0.29) is 5.91 Å². The van der Waals surface area contributed by atoms with Crippen molar-refractivity contribution < 1.29 is 4.79 Å². The van der Waals surface area contributed by atoms with Crippen LogP contribution in [0.2, 0.25) is 0 Å². The fourth-order valence-electron chi connectivity index (χ4n) is 2.28. The Morgan fingerprint density at radius 3 is 2.91 bits per heavy atom. The molecule has 0 radical (unpaired) electrons. The van der Waals surface area contributed by atoms with Crippen LogP contribution < -0.4 is 5.32 Å². The summed E-state index contributed by atoms with van der Waals surface area (Å²) < 4.78 is 1.56. The lowest BCUT2D eigenvalue weighted by atomic mass is 10.1. The van der Waals surface area contributed by atoms with E-state index in [0.717, 1.165) is 16.3 Å². The molecule has 0 atom stereocenters. The summed E-state index contributed by atoms with van der Waals surface area (Å²) in [5.74, 6) is 0.339. The van der Waals surface area contributed by atoms with Crippen molar-refractivity contribution in [3.05, 3.63) is 40.7 Å². The highest BCUT2D eigenvalue weighted by atomic mass is 32.1. The van der Waals surface area contributed by atoms with E-state index in [2.05, 4.69) is 31.0 Å². The Morgan fingerprint density at radius 1 is 1.35 bits per heavy atom. The largest absolute Gasteiger partial charge is 0.296 e. The van der Waals surface area contributed by atoms with E-state index >= 15 is 0 Å². The first-order valence-electron chi connectivity index (χ1n) is 7.19. The van der Waals surface area contributed by atoms with Crippen molar-refractivity contribution in [3.63, 3.8) is 0 Å². The van der Waals surface area contributed by atoms with E-state index in [1.54, 1.807) is 16.8 Å². The zero-order valence-electron chi connectivity index (χ0n) is 12.3. The quantitative estimate of drug-likeness (QED) is 0.786. The average molecular weight is 327 g/mol. The number of hydrogen-bond acceptors (Lipinski definition) is 7. The molecule has 8 nitrogen and oxygen atoms in total. The van der Waals surface area contributed by atoms with Crippen LogP contribution in [0.5, 0.6) is 0 Å². The highest BCUT2D eigenvalue weighted by molar-refractivity contribution is 7.15. The van der Waals surface area contributed by atoms with Gasteiger partial charge in [-0.1, -0.05) is 11.3 Å². The molecule has 0 spiro atoms. The van der Waals surface area contributed by atoms with Crippen molar-refractivity contribution in [2.24, 2.45) is 0 Å². The Balaban J connectivity index is 1.52. The van der Waals surface area contributed by atoms with Crippen molar-refractivity contribution in [2.75, 3.05) is 5.32 Å². The molecule has 0 saturated heterocycles. The second-order valence-electron chi connectivity index (χ2n) is 5.43. The monoisotopic (exact) mass is 327 g/mol. The number of carbonyl (C=O) groups is 1. The first kappa shape index (κ1) is 13.9. The maximum Gasteiger partial charge on any atom is 0.257 e. The minimum absolute atomic E-state index is 0.199. The van der Waals surface area contributed by atoms with Gasteiger partial charge in [0.25, 0.3) is 5.91 Å². The van der Waals surface area contributed by atoms with Gasteiger partial charge in [-0.3, -0.25) is 10.1 Å². The maximum atomic E-state index is 12.3. The van der Waals surface area contributed by atoms with E-state index in [0.29, 0.717) is 16.6 Å². The molecule has 1 aliphatic rings. The van der Waals surface area contributed by atoms with Gasteiger partial charge in [0.15, 0.2) is 0 Å². The SMILES string of the molecule is Cc1cc(C(=O)Nc2nnc(C3CC3)s2)ccc1-n1cnnn1. The molecule has 4 rings (SSSR count). The number of nitrogens with zero attached hydrogens (tertiary/aromatic N) is 6. The topological polar surface area (TPSA) is 98.5 Å². The lowest BCUT2D eigenvalue weighted by molar-refractivity contribution is 0.102. The van der Waals surface area contributed by atoms with Crippen LogP contribution in [0.1, 0.15) is 39.7 Å². The second-order valence-corrected chi connectivity index (χ2v) is 6.44. The van der Waals surface area contributed by atoms with Gasteiger partial charge in [-0.05, 0) is 54.0 Å². The molecule has 1 N–H and O–H groups in total. The first-order valence-corrected chi connectivity index (χ1v) is 8.01. The summed E-state index contributed by atoms with van der Waals surface area (Å²) in [6.07, 6.45) is 3.85. The molecule has 3 aromatic rings. The molecule has 1 aromatic carbocycles. The molecule has 9 heteroatoms. The molecule has 23 heavy (non-hydrogen) atoms. The molecule has 1 amide bonds. The van der Waals surface area contributed by atoms with Gasteiger partial charge in [-0.25, -0.2) is 4.68 Å². The number of aryl methyl sites for hydroxylation is 1. The van der Waals surface area contributed by atoms with Crippen LogP contribution in [0.3, 0.4) is 0 Å². The van der Waals surface area contributed by atoms with Crippen LogP contribution >= 0.6 is 11.3 Å². The van der Waals surface area contributed by atoms with Crippen LogP contribution in [0.25, 0.3) is 5.69 Å². The molecule has 1 aliphatic carbocycles. The van der Waals surface area contributed by atoms with Gasteiger partial charge in [0.1, 0.15) is 11.3 Å². The highest BCUT2D eigenvalue weighted by Gasteiger charge is 2.27. The number of carbonyl (C=O) groups excluding carboxylic acids is 1. The molecular weight excluding hydrogens is 314 g/mol. The summed E-state index contributed by atoms with van der Waals surface area (Å²) in [7, 11) is 0. The third-order valence-corrected chi connectivity index (χ3v) is 4.64. The minimum Gasteiger partial charge on any atom is -0.296 e. The van der Waals surface area contributed by atoms with Gasteiger partial charge >= 0.3 is 0 Å². The predicted molar refractivity (Wildman–Crippen MR) is 83.7 cm³/mol. The summed E-state index contributed by atoms with van der Waals surface area (Å²) in [5, 5.41) is 23.6. The fraction of sp³-hybridized carbons (Fsp3) is 0.286. The number of rotatable bonds is 4. The number of tetrazole rings is 1. The van der Waals surface area contributed by atoms with Gasteiger partial charge in [-0.2, -0.15) is 0 Å². The standard InChI is InChI=1S/C14H13N7OS/c1-8-6-10(4-5-11(8)21-7-15-19-20-21)12(22)16-14-18-17-13(23-14)9-2-3-9/h4-7,9H,2-3H2,1H3,(H,16,18,22). The molecule has 2 heterocycles. The summed E-state index contributed by atoms with van der Waals surface area (Å²) in [6.45, 7) is 1.91. The first-order chi connectivity index (χ1) is 11.2. The van der Waals surface area contributed by atoms with Crippen LogP contribution in [-0.4, -0.2) is 36.3 Å². The summed E-state index contributed by atoms with van der Waals surface area (Å²) in [4.78, 5) is 12.3. The maximum absolute atomic E-state index is 12.3. The Morgan fingerprint density at radius 2 is 2.22 bits per heavy atom. The van der Waals surface area contributed by atoms with E-state index in [1.807, 2.05) is 13.0 Å². The molecule has 0 bridgehead atoms. The zero-order valence-corrected chi connectivity index (χ0v) is 13.1. The lowest BCUT2D eigenvalue weighted by Gasteiger charge is -2.07. The van der Waals surface area contributed by atoms with E-state index < -0.39 is 0 Å². The molecule has 1 fully saturated rings. The molecule has 1 saturated carbocycles. The molecule has 0 aliphatic heterocycles. The third-order valence-electron chi connectivity index (χ3n) is 3.64. The molecule has 116 valence electrons. The Kier molecular flexibility index (Phi) is 3.34. The van der Waals surface area contributed by atoms with E-state index in [9.17, 15) is 4.79 Å². The Hall–Kier alpha value is -2.68. The van der Waals surface area contributed by atoms with Crippen molar-refractivity contribution in [1.82, 2.24) is 30.4 Å². The molecular formula is C14H13N7OS. The zero-order chi connectivity index (χ0) is 15.8. The lowest BCUT2D eigenvalue weighted by Crippen LogP contribution is -2.12. The summed E-state index contributed by atoms with van der Waals surface area (Å²) in [5.41, 5.74) is 2.29. The van der Waals surface area contributed by atoms with Gasteiger partial charge in [0.05, 0.1) is 5.69 Å². The van der Waals surface area contributed by atoms with Crippen LogP contribution in [0, 0.1) is 6.92 Å². The average Bonchev–Trinajstić information content (AvgIpc) is 3.06. The second kappa shape index (κ2) is 5.51. The van der Waals surface area contributed by atoms with Gasteiger partial charge in [-0.15, -0.1) is 15.3 Å². The number of anilines is 1. The third kappa shape index (κ3) is 2.82. The van der Waals surface area contributed by atoms with Crippen LogP contribution in [0.15, 0.2) is 24.5 Å². The van der Waals surface area contributed by atoms with Gasteiger partial charge in [0, 0.05) is 11.5 Å². The fourth-order valence-corrected chi connectivity index (χ4v) is 3.18. The van der Waals surface area contributed by atoms with Gasteiger partial charge in [0.2, 0.25) is 5.13 Å². The number of aromatic nitrogens is 6. The smallest absolute Gasteiger partial charge is 0.257 e.